The normalized spacial score (nSPS) is 24.8. The van der Waals surface area contributed by atoms with Crippen molar-refractivity contribution in [2.75, 3.05) is 18.8 Å². The number of aliphatic hydroxyl groups excluding tert-OH is 1. The van der Waals surface area contributed by atoms with Crippen molar-refractivity contribution in [1.29, 1.82) is 0 Å². The molecule has 2 aliphatic rings. The van der Waals surface area contributed by atoms with Gasteiger partial charge in [-0.3, -0.25) is 14.5 Å². The lowest BCUT2D eigenvalue weighted by molar-refractivity contribution is -0.132. The third-order valence-corrected chi connectivity index (χ3v) is 8.96. The van der Waals surface area contributed by atoms with Gasteiger partial charge in [-0.2, -0.15) is 0 Å². The lowest BCUT2D eigenvalue weighted by Gasteiger charge is -2.47. The zero-order valence-electron chi connectivity index (χ0n) is 28.8. The number of β-amino-alcohol motifs (C(OH)–C–C–N with tert-alkyl or cyclic N) is 1. The van der Waals surface area contributed by atoms with Gasteiger partial charge in [0, 0.05) is 40.4 Å². The van der Waals surface area contributed by atoms with E-state index in [9.17, 15) is 19.8 Å². The van der Waals surface area contributed by atoms with Crippen molar-refractivity contribution in [2.24, 2.45) is 11.8 Å². The van der Waals surface area contributed by atoms with Gasteiger partial charge >= 0.3 is 0 Å². The molecule has 2 amide bonds. The van der Waals surface area contributed by atoms with Gasteiger partial charge in [0.05, 0.1) is 25.0 Å². The molecular formula is C32H45N3O4S. The molecule has 0 unspecified atom stereocenters. The van der Waals surface area contributed by atoms with E-state index in [1.54, 1.807) is 19.1 Å². The van der Waals surface area contributed by atoms with Gasteiger partial charge in [-0.05, 0) is 76.6 Å². The van der Waals surface area contributed by atoms with E-state index in [0.29, 0.717) is 30.4 Å². The summed E-state index contributed by atoms with van der Waals surface area (Å²) in [5.74, 6) is 0.179. The van der Waals surface area contributed by atoms with Crippen LogP contribution in [0.3, 0.4) is 0 Å². The quantitative estimate of drug-likeness (QED) is 0.324. The molecule has 1 aliphatic carbocycles. The number of fused-ring (bicyclic) bond motifs is 1. The van der Waals surface area contributed by atoms with Crippen LogP contribution >= 0.6 is 11.8 Å². The van der Waals surface area contributed by atoms with Crippen LogP contribution in [-0.4, -0.2) is 69.5 Å². The number of nitrogens with one attached hydrogen (secondary N) is 2. The van der Waals surface area contributed by atoms with E-state index in [1.165, 1.54) is 6.07 Å². The zero-order chi connectivity index (χ0) is 33.2. The van der Waals surface area contributed by atoms with Crippen LogP contribution < -0.4 is 10.6 Å². The number of hydrogen-bond acceptors (Lipinski definition) is 6. The maximum absolute atomic E-state index is 13.5. The first-order valence-electron chi connectivity index (χ1n) is 16.6. The van der Waals surface area contributed by atoms with Crippen LogP contribution in [0.5, 0.6) is 5.75 Å². The van der Waals surface area contributed by atoms with Crippen molar-refractivity contribution in [1.82, 2.24) is 15.5 Å². The van der Waals surface area contributed by atoms with E-state index in [2.05, 4.69) is 10.6 Å². The van der Waals surface area contributed by atoms with Crippen LogP contribution in [0, 0.1) is 18.8 Å². The summed E-state index contributed by atoms with van der Waals surface area (Å²) in [6.45, 7) is 8.15. The number of amides is 2. The van der Waals surface area contributed by atoms with Gasteiger partial charge in [0.1, 0.15) is 5.75 Å². The van der Waals surface area contributed by atoms with Crippen LogP contribution in [0.2, 0.25) is 0 Å². The molecule has 1 saturated heterocycles. The molecule has 5 atom stereocenters. The molecule has 2 aromatic carbocycles. The number of hydrogen-bond donors (Lipinski definition) is 4. The number of aliphatic hydroxyl groups is 1. The number of aromatic hydroxyl groups is 1. The molecule has 0 bridgehead atoms. The molecule has 40 heavy (non-hydrogen) atoms. The molecule has 1 heterocycles. The summed E-state index contributed by atoms with van der Waals surface area (Å²) in [6.07, 6.45) is 3.95. The molecule has 7 nitrogen and oxygen atoms in total. The van der Waals surface area contributed by atoms with Crippen molar-refractivity contribution in [2.45, 2.75) is 88.4 Å². The molecule has 4 N–H and O–H groups in total. The van der Waals surface area contributed by atoms with E-state index < -0.39 is 47.8 Å². The van der Waals surface area contributed by atoms with Crippen LogP contribution in [-0.2, 0) is 4.79 Å². The second-order valence-electron chi connectivity index (χ2n) is 12.1. The second-order valence-corrected chi connectivity index (χ2v) is 13.1. The van der Waals surface area contributed by atoms with Crippen LogP contribution in [0.15, 0.2) is 53.3 Å². The Labute approximate surface area is 250 Å². The fraction of sp³-hybridized carbons (Fsp3) is 0.562. The standard InChI is InChI=1S/C32H45N3O4S/c1-21-25(15-10-16-28(21)36)30(38)33-26(20-40-24-13-6-5-7-14-24)29(37)19-35-18-23-12-9-8-11-22(23)17-27(35)31(39)34-32(2,3)4/h5-7,10,13-16,22-23,26-27,29,36-37H,8-9,11-12,17-20H2,1-4H3,(H,33,38)(H,34,39)/t22-,23+,26-,27-,29+/m0/s1/i5D,6D,7D,13D,14D. The fourth-order valence-electron chi connectivity index (χ4n) is 5.84. The number of phenolic OH excluding ortho intramolecular Hbond substituents is 1. The monoisotopic (exact) mass is 572 g/mol. The Morgan fingerprint density at radius 2 is 1.85 bits per heavy atom. The number of phenols is 1. The summed E-state index contributed by atoms with van der Waals surface area (Å²) in [7, 11) is 0. The number of benzene rings is 2. The Bertz CT molecular complexity index is 1390. The number of piperidine rings is 1. The van der Waals surface area contributed by atoms with E-state index >= 15 is 0 Å². The Morgan fingerprint density at radius 1 is 1.15 bits per heavy atom. The number of nitrogens with zero attached hydrogens (tertiary/aromatic N) is 1. The molecule has 0 aromatic heterocycles. The van der Waals surface area contributed by atoms with Gasteiger partial charge in [0.2, 0.25) is 5.91 Å². The average Bonchev–Trinajstić information content (AvgIpc) is 2.98. The van der Waals surface area contributed by atoms with Crippen molar-refractivity contribution >= 4 is 23.6 Å². The predicted octanol–water partition coefficient (Wildman–Crippen LogP) is 4.75. The SMILES string of the molecule is [2H]c1c([2H])c([2H])c(SC[C@H](NC(=O)c2cccc(O)c2C)[C@H](O)CN2C[C@H]3CCCC[C@H]3C[C@H]2C(=O)NC(C)(C)C)c([2H])c1[2H]. The molecule has 1 aliphatic heterocycles. The lowest BCUT2D eigenvalue weighted by Crippen LogP contribution is -2.60. The molecule has 8 heteroatoms. The molecule has 2 fully saturated rings. The summed E-state index contributed by atoms with van der Waals surface area (Å²) < 4.78 is 40.6. The Hall–Kier alpha value is -2.55. The van der Waals surface area contributed by atoms with Gasteiger partial charge in [-0.15, -0.1) is 11.8 Å². The zero-order valence-corrected chi connectivity index (χ0v) is 24.7. The van der Waals surface area contributed by atoms with Crippen LogP contribution in [0.1, 0.15) is 75.7 Å². The molecule has 4 rings (SSSR count). The maximum atomic E-state index is 13.5. The fourth-order valence-corrected chi connectivity index (χ4v) is 6.74. The highest BCUT2D eigenvalue weighted by molar-refractivity contribution is 7.99. The Morgan fingerprint density at radius 3 is 2.55 bits per heavy atom. The van der Waals surface area contributed by atoms with Gasteiger partial charge in [-0.25, -0.2) is 0 Å². The average molecular weight is 573 g/mol. The van der Waals surface area contributed by atoms with Crippen molar-refractivity contribution in [3.8, 4) is 5.75 Å². The van der Waals surface area contributed by atoms with Crippen LogP contribution in [0.25, 0.3) is 0 Å². The van der Waals surface area contributed by atoms with Crippen molar-refractivity contribution in [3.05, 3.63) is 59.5 Å². The minimum atomic E-state index is -1.16. The van der Waals surface area contributed by atoms with Gasteiger partial charge in [0.15, 0.2) is 0 Å². The summed E-state index contributed by atoms with van der Waals surface area (Å²) in [5, 5.41) is 27.9. The maximum Gasteiger partial charge on any atom is 0.252 e. The first-order valence-corrected chi connectivity index (χ1v) is 15.1. The summed E-state index contributed by atoms with van der Waals surface area (Å²) in [6, 6.07) is 1.10. The Kier molecular flexibility index (Phi) is 8.07. The number of rotatable bonds is 9. The first kappa shape index (κ1) is 24.1. The summed E-state index contributed by atoms with van der Waals surface area (Å²) in [5.41, 5.74) is 0.172. The third kappa shape index (κ3) is 8.02. The van der Waals surface area contributed by atoms with E-state index in [0.717, 1.165) is 37.4 Å². The van der Waals surface area contributed by atoms with Gasteiger partial charge < -0.3 is 20.8 Å². The molecule has 2 aromatic rings. The number of carbonyl (C=O) groups is 2. The highest BCUT2D eigenvalue weighted by atomic mass is 32.2. The van der Waals surface area contributed by atoms with Crippen molar-refractivity contribution < 1.29 is 26.7 Å². The van der Waals surface area contributed by atoms with Crippen molar-refractivity contribution in [3.63, 3.8) is 0 Å². The topological polar surface area (TPSA) is 102 Å². The minimum Gasteiger partial charge on any atom is -0.508 e. The third-order valence-electron chi connectivity index (χ3n) is 7.94. The number of carbonyl (C=O) groups excluding carboxylic acids is 2. The van der Waals surface area contributed by atoms with Crippen LogP contribution in [0.4, 0.5) is 0 Å². The molecular weight excluding hydrogens is 522 g/mol. The van der Waals surface area contributed by atoms with E-state index in [4.69, 9.17) is 6.85 Å². The molecule has 218 valence electrons. The Balaban J connectivity index is 1.62. The highest BCUT2D eigenvalue weighted by Crippen LogP contribution is 2.39. The highest BCUT2D eigenvalue weighted by Gasteiger charge is 2.41. The second kappa shape index (κ2) is 13.4. The van der Waals surface area contributed by atoms with Gasteiger partial charge in [0.25, 0.3) is 5.91 Å². The minimum absolute atomic E-state index is 0.00248. The number of thioether (sulfide) groups is 1. The smallest absolute Gasteiger partial charge is 0.252 e. The predicted molar refractivity (Wildman–Crippen MR) is 161 cm³/mol. The lowest BCUT2D eigenvalue weighted by atomic mass is 9.72. The van der Waals surface area contributed by atoms with Gasteiger partial charge in [-0.1, -0.05) is 43.5 Å². The summed E-state index contributed by atoms with van der Waals surface area (Å²) >= 11 is 0.967. The summed E-state index contributed by atoms with van der Waals surface area (Å²) in [4.78, 5) is 29.0. The first-order chi connectivity index (χ1) is 21.1. The molecule has 1 saturated carbocycles. The van der Waals surface area contributed by atoms with E-state index in [1.807, 2.05) is 25.7 Å². The largest absolute Gasteiger partial charge is 0.508 e. The van der Waals surface area contributed by atoms with E-state index in [-0.39, 0.29) is 46.5 Å². The molecule has 0 spiro atoms. The molecule has 0 radical (unpaired) electrons. The number of likely N-dealkylation sites (tertiary alicyclic amines) is 1.